The molecule has 1 rings (SSSR count). The third kappa shape index (κ3) is 2.74. The van der Waals surface area contributed by atoms with Gasteiger partial charge in [0.25, 0.3) is 0 Å². The molecule has 2 unspecified atom stereocenters. The maximum Gasteiger partial charge on any atom is 0.121 e. The standard InChI is InChI=1S/C13H22N2O/c1-5-9(2)13(15-14)11-6-7-12(16-4)10(3)8-11/h6-9,13,15H,5,14H2,1-4H3. The highest BCUT2D eigenvalue weighted by Gasteiger charge is 2.16. The normalized spacial score (nSPS) is 14.6. The van der Waals surface area contributed by atoms with Crippen molar-refractivity contribution in [1.82, 2.24) is 5.43 Å². The lowest BCUT2D eigenvalue weighted by Crippen LogP contribution is -2.32. The summed E-state index contributed by atoms with van der Waals surface area (Å²) in [6.07, 6.45) is 1.10. The monoisotopic (exact) mass is 222 g/mol. The summed E-state index contributed by atoms with van der Waals surface area (Å²) in [5, 5.41) is 0. The molecule has 3 heteroatoms. The van der Waals surface area contributed by atoms with E-state index in [-0.39, 0.29) is 6.04 Å². The highest BCUT2D eigenvalue weighted by Crippen LogP contribution is 2.27. The first-order chi connectivity index (χ1) is 7.63. The zero-order chi connectivity index (χ0) is 12.1. The van der Waals surface area contributed by atoms with Crippen LogP contribution in [0.1, 0.15) is 37.4 Å². The van der Waals surface area contributed by atoms with Crippen LogP contribution in [0.5, 0.6) is 5.75 Å². The number of nitrogens with two attached hydrogens (primary N) is 1. The van der Waals surface area contributed by atoms with E-state index < -0.39 is 0 Å². The fourth-order valence-electron chi connectivity index (χ4n) is 1.92. The third-order valence-corrected chi connectivity index (χ3v) is 3.17. The molecule has 90 valence electrons. The van der Waals surface area contributed by atoms with Gasteiger partial charge in [0.15, 0.2) is 0 Å². The van der Waals surface area contributed by atoms with Gasteiger partial charge in [-0.05, 0) is 30.0 Å². The Hall–Kier alpha value is -1.06. The van der Waals surface area contributed by atoms with Gasteiger partial charge in [0.1, 0.15) is 5.75 Å². The van der Waals surface area contributed by atoms with Gasteiger partial charge >= 0.3 is 0 Å². The van der Waals surface area contributed by atoms with Gasteiger partial charge in [-0.25, -0.2) is 0 Å². The minimum atomic E-state index is 0.203. The number of hydrogen-bond acceptors (Lipinski definition) is 3. The van der Waals surface area contributed by atoms with Gasteiger partial charge < -0.3 is 4.74 Å². The van der Waals surface area contributed by atoms with E-state index in [0.717, 1.165) is 17.7 Å². The second kappa shape index (κ2) is 5.87. The first kappa shape index (κ1) is 13.0. The molecule has 16 heavy (non-hydrogen) atoms. The minimum Gasteiger partial charge on any atom is -0.496 e. The number of benzene rings is 1. The Kier molecular flexibility index (Phi) is 4.77. The molecule has 3 N–H and O–H groups in total. The topological polar surface area (TPSA) is 47.3 Å². The lowest BCUT2D eigenvalue weighted by atomic mass is 9.92. The molecule has 0 radical (unpaired) electrons. The van der Waals surface area contributed by atoms with Crippen molar-refractivity contribution in [2.24, 2.45) is 11.8 Å². The maximum atomic E-state index is 5.62. The summed E-state index contributed by atoms with van der Waals surface area (Å²) in [6.45, 7) is 6.42. The Morgan fingerprint density at radius 3 is 2.56 bits per heavy atom. The van der Waals surface area contributed by atoms with E-state index in [1.165, 1.54) is 5.56 Å². The van der Waals surface area contributed by atoms with E-state index in [4.69, 9.17) is 10.6 Å². The van der Waals surface area contributed by atoms with Crippen LogP contribution in [0.25, 0.3) is 0 Å². The molecule has 3 nitrogen and oxygen atoms in total. The number of aryl methyl sites for hydroxylation is 1. The van der Waals surface area contributed by atoms with Crippen LogP contribution in [-0.4, -0.2) is 7.11 Å². The summed E-state index contributed by atoms with van der Waals surface area (Å²) in [6, 6.07) is 6.41. The predicted octanol–water partition coefficient (Wildman–Crippen LogP) is 2.55. The van der Waals surface area contributed by atoms with Gasteiger partial charge in [-0.1, -0.05) is 32.4 Å². The average molecular weight is 222 g/mol. The molecule has 0 fully saturated rings. The molecule has 0 bridgehead atoms. The Morgan fingerprint density at radius 1 is 1.44 bits per heavy atom. The second-order valence-electron chi connectivity index (χ2n) is 4.26. The predicted molar refractivity (Wildman–Crippen MR) is 67.3 cm³/mol. The number of hydrazine groups is 1. The molecule has 0 amide bonds. The molecule has 1 aromatic rings. The van der Waals surface area contributed by atoms with Crippen LogP contribution >= 0.6 is 0 Å². The van der Waals surface area contributed by atoms with E-state index in [9.17, 15) is 0 Å². The van der Waals surface area contributed by atoms with Crippen LogP contribution in [0.4, 0.5) is 0 Å². The Morgan fingerprint density at radius 2 is 2.12 bits per heavy atom. The van der Waals surface area contributed by atoms with E-state index in [1.54, 1.807) is 7.11 Å². The lowest BCUT2D eigenvalue weighted by molar-refractivity contribution is 0.381. The van der Waals surface area contributed by atoms with Crippen LogP contribution in [0.3, 0.4) is 0 Å². The first-order valence-corrected chi connectivity index (χ1v) is 5.74. The molecular weight excluding hydrogens is 200 g/mol. The smallest absolute Gasteiger partial charge is 0.121 e. The van der Waals surface area contributed by atoms with Crippen LogP contribution in [0.2, 0.25) is 0 Å². The lowest BCUT2D eigenvalue weighted by Gasteiger charge is -2.23. The summed E-state index contributed by atoms with van der Waals surface area (Å²) in [5.41, 5.74) is 5.25. The van der Waals surface area contributed by atoms with Crippen molar-refractivity contribution in [3.05, 3.63) is 29.3 Å². The largest absolute Gasteiger partial charge is 0.496 e. The van der Waals surface area contributed by atoms with Crippen molar-refractivity contribution in [3.63, 3.8) is 0 Å². The van der Waals surface area contributed by atoms with E-state index in [1.807, 2.05) is 13.0 Å². The van der Waals surface area contributed by atoms with Gasteiger partial charge in [0.05, 0.1) is 7.11 Å². The van der Waals surface area contributed by atoms with E-state index >= 15 is 0 Å². The van der Waals surface area contributed by atoms with Crippen molar-refractivity contribution >= 4 is 0 Å². The van der Waals surface area contributed by atoms with Crippen molar-refractivity contribution in [3.8, 4) is 5.75 Å². The van der Waals surface area contributed by atoms with Crippen molar-refractivity contribution in [1.29, 1.82) is 0 Å². The summed E-state index contributed by atoms with van der Waals surface area (Å²) >= 11 is 0. The van der Waals surface area contributed by atoms with E-state index in [0.29, 0.717) is 5.92 Å². The Bertz CT molecular complexity index is 339. The van der Waals surface area contributed by atoms with Gasteiger partial charge in [-0.3, -0.25) is 11.3 Å². The summed E-state index contributed by atoms with van der Waals surface area (Å²) in [7, 11) is 1.69. The molecule has 0 aliphatic rings. The number of methoxy groups -OCH3 is 1. The molecule has 0 aromatic heterocycles. The molecule has 0 aliphatic heterocycles. The number of nitrogens with one attached hydrogen (secondary N) is 1. The van der Waals surface area contributed by atoms with Gasteiger partial charge in [-0.2, -0.15) is 0 Å². The van der Waals surface area contributed by atoms with Crippen molar-refractivity contribution < 1.29 is 4.74 Å². The van der Waals surface area contributed by atoms with Gasteiger partial charge in [-0.15, -0.1) is 0 Å². The summed E-state index contributed by atoms with van der Waals surface area (Å²) in [4.78, 5) is 0. The molecule has 0 saturated carbocycles. The van der Waals surface area contributed by atoms with E-state index in [2.05, 4.69) is 31.4 Å². The third-order valence-electron chi connectivity index (χ3n) is 3.17. The fraction of sp³-hybridized carbons (Fsp3) is 0.538. The highest BCUT2D eigenvalue weighted by molar-refractivity contribution is 5.37. The minimum absolute atomic E-state index is 0.203. The number of ether oxygens (including phenoxy) is 1. The molecular formula is C13H22N2O. The molecule has 0 aliphatic carbocycles. The zero-order valence-corrected chi connectivity index (χ0v) is 10.6. The van der Waals surface area contributed by atoms with Crippen LogP contribution in [-0.2, 0) is 0 Å². The Labute approximate surface area is 98.0 Å². The first-order valence-electron chi connectivity index (χ1n) is 5.74. The number of rotatable bonds is 5. The molecule has 2 atom stereocenters. The van der Waals surface area contributed by atoms with Crippen molar-refractivity contribution in [2.75, 3.05) is 7.11 Å². The molecule has 0 spiro atoms. The summed E-state index contributed by atoms with van der Waals surface area (Å²) < 4.78 is 5.25. The van der Waals surface area contributed by atoms with Crippen molar-refractivity contribution in [2.45, 2.75) is 33.2 Å². The van der Waals surface area contributed by atoms with Crippen LogP contribution in [0.15, 0.2) is 18.2 Å². The highest BCUT2D eigenvalue weighted by atomic mass is 16.5. The number of hydrogen-bond donors (Lipinski definition) is 2. The fourth-order valence-corrected chi connectivity index (χ4v) is 1.92. The molecule has 1 aromatic carbocycles. The van der Waals surface area contributed by atoms with Crippen LogP contribution in [0, 0.1) is 12.8 Å². The van der Waals surface area contributed by atoms with Crippen LogP contribution < -0.4 is 16.0 Å². The SMILES string of the molecule is CCC(C)C(NN)c1ccc(OC)c(C)c1. The average Bonchev–Trinajstić information content (AvgIpc) is 2.30. The quantitative estimate of drug-likeness (QED) is 0.594. The molecule has 0 heterocycles. The second-order valence-corrected chi connectivity index (χ2v) is 4.26. The Balaban J connectivity index is 2.98. The summed E-state index contributed by atoms with van der Waals surface area (Å²) in [5.74, 6) is 7.05. The van der Waals surface area contributed by atoms with Gasteiger partial charge in [0.2, 0.25) is 0 Å². The maximum absolute atomic E-state index is 5.62. The zero-order valence-electron chi connectivity index (χ0n) is 10.6. The van der Waals surface area contributed by atoms with Gasteiger partial charge in [0, 0.05) is 6.04 Å². The molecule has 0 saturated heterocycles.